The van der Waals surface area contributed by atoms with Gasteiger partial charge in [-0.1, -0.05) is 17.3 Å². The predicted octanol–water partition coefficient (Wildman–Crippen LogP) is 1.52. The van der Waals surface area contributed by atoms with Crippen molar-refractivity contribution in [3.05, 3.63) is 35.6 Å². The summed E-state index contributed by atoms with van der Waals surface area (Å²) >= 11 is 0. The molecule has 14 heavy (non-hydrogen) atoms. The molecule has 0 unspecified atom stereocenters. The molecule has 1 aromatic carbocycles. The number of hydrogen-bond donors (Lipinski definition) is 0. The van der Waals surface area contributed by atoms with Gasteiger partial charge in [-0.2, -0.15) is 0 Å². The van der Waals surface area contributed by atoms with Crippen molar-refractivity contribution in [1.82, 2.24) is 0 Å². The van der Waals surface area contributed by atoms with Crippen LogP contribution in [0.1, 0.15) is 12.0 Å². The van der Waals surface area contributed by atoms with E-state index in [2.05, 4.69) is 5.16 Å². The zero-order chi connectivity index (χ0) is 9.97. The Hall–Kier alpha value is -1.71. The summed E-state index contributed by atoms with van der Waals surface area (Å²) in [6.45, 7) is 0. The highest BCUT2D eigenvalue weighted by Crippen LogP contribution is 2.15. The van der Waals surface area contributed by atoms with Crippen LogP contribution in [0.25, 0.3) is 0 Å². The monoisotopic (exact) mass is 193 g/mol. The number of rotatable bonds is 2. The highest BCUT2D eigenvalue weighted by atomic mass is 19.1. The molecule has 0 spiro atoms. The number of benzene rings is 1. The number of oxime groups is 1. The number of aldehydes is 1. The molecule has 0 bridgehead atoms. The Morgan fingerprint density at radius 3 is 3.07 bits per heavy atom. The minimum atomic E-state index is -0.520. The van der Waals surface area contributed by atoms with Crippen molar-refractivity contribution in [3.63, 3.8) is 0 Å². The van der Waals surface area contributed by atoms with Crippen molar-refractivity contribution in [2.75, 3.05) is 0 Å². The van der Waals surface area contributed by atoms with Gasteiger partial charge in [0, 0.05) is 12.0 Å². The molecule has 4 heteroatoms. The summed E-state index contributed by atoms with van der Waals surface area (Å²) in [6, 6.07) is 6.06. The Morgan fingerprint density at radius 1 is 1.57 bits per heavy atom. The van der Waals surface area contributed by atoms with Crippen molar-refractivity contribution in [3.8, 4) is 0 Å². The lowest BCUT2D eigenvalue weighted by molar-refractivity contribution is -0.116. The van der Waals surface area contributed by atoms with Gasteiger partial charge in [0.15, 0.2) is 12.4 Å². The van der Waals surface area contributed by atoms with E-state index in [1.807, 2.05) is 0 Å². The molecule has 0 amide bonds. The predicted molar refractivity (Wildman–Crippen MR) is 48.5 cm³/mol. The summed E-state index contributed by atoms with van der Waals surface area (Å²) in [5.41, 5.74) is 1.27. The number of halogens is 1. The van der Waals surface area contributed by atoms with Crippen LogP contribution < -0.4 is 0 Å². The van der Waals surface area contributed by atoms with E-state index >= 15 is 0 Å². The Balaban J connectivity index is 2.21. The fourth-order valence-electron chi connectivity index (χ4n) is 1.31. The summed E-state index contributed by atoms with van der Waals surface area (Å²) < 4.78 is 12.8. The third kappa shape index (κ3) is 1.64. The summed E-state index contributed by atoms with van der Waals surface area (Å²) in [5, 5.41) is 3.72. The Kier molecular flexibility index (Phi) is 2.26. The van der Waals surface area contributed by atoms with Crippen LogP contribution in [0.3, 0.4) is 0 Å². The first kappa shape index (κ1) is 8.87. The van der Waals surface area contributed by atoms with E-state index in [9.17, 15) is 9.18 Å². The average Bonchev–Trinajstić information content (AvgIpc) is 2.66. The topological polar surface area (TPSA) is 38.7 Å². The zero-order valence-electron chi connectivity index (χ0n) is 7.31. The van der Waals surface area contributed by atoms with Crippen molar-refractivity contribution < 1.29 is 14.0 Å². The van der Waals surface area contributed by atoms with Crippen LogP contribution in [0.2, 0.25) is 0 Å². The third-order valence-electron chi connectivity index (χ3n) is 2.00. The van der Waals surface area contributed by atoms with Gasteiger partial charge < -0.3 is 4.84 Å². The van der Waals surface area contributed by atoms with Crippen molar-refractivity contribution >= 4 is 12.0 Å². The normalized spacial score (nSPS) is 20.1. The van der Waals surface area contributed by atoms with Gasteiger partial charge in [0.05, 0.1) is 5.71 Å². The molecule has 3 nitrogen and oxygen atoms in total. The second-order valence-electron chi connectivity index (χ2n) is 3.03. The van der Waals surface area contributed by atoms with E-state index in [0.29, 0.717) is 24.0 Å². The van der Waals surface area contributed by atoms with Gasteiger partial charge >= 0.3 is 0 Å². The fourth-order valence-corrected chi connectivity index (χ4v) is 1.31. The Morgan fingerprint density at radius 2 is 2.43 bits per heavy atom. The summed E-state index contributed by atoms with van der Waals surface area (Å²) in [7, 11) is 0. The molecule has 1 aromatic rings. The molecule has 0 aromatic heterocycles. The van der Waals surface area contributed by atoms with Gasteiger partial charge in [0.1, 0.15) is 5.82 Å². The molecule has 1 heterocycles. The standard InChI is InChI=1S/C10H8FNO2/c11-8-3-1-2-7(4-8)10-5-9(6-13)14-12-10/h1-4,6,9H,5H2/t9-/m0/s1. The molecule has 2 rings (SSSR count). The van der Waals surface area contributed by atoms with Gasteiger partial charge in [0.25, 0.3) is 0 Å². The van der Waals surface area contributed by atoms with Gasteiger partial charge in [-0.25, -0.2) is 4.39 Å². The number of carbonyl (C=O) groups is 1. The van der Waals surface area contributed by atoms with Crippen molar-refractivity contribution in [2.45, 2.75) is 12.5 Å². The summed E-state index contributed by atoms with van der Waals surface area (Å²) in [4.78, 5) is 15.2. The molecule has 72 valence electrons. The first-order chi connectivity index (χ1) is 6.79. The molecule has 1 aliphatic rings. The lowest BCUT2D eigenvalue weighted by atomic mass is 10.1. The fraction of sp³-hybridized carbons (Fsp3) is 0.200. The summed E-state index contributed by atoms with van der Waals surface area (Å²) in [5.74, 6) is -0.320. The minimum absolute atomic E-state index is 0.320. The molecule has 0 fully saturated rings. The van der Waals surface area contributed by atoms with Gasteiger partial charge in [0.2, 0.25) is 0 Å². The molecule has 0 radical (unpaired) electrons. The van der Waals surface area contributed by atoms with Crippen LogP contribution in [0, 0.1) is 5.82 Å². The van der Waals surface area contributed by atoms with Crippen LogP contribution in [0.4, 0.5) is 4.39 Å². The van der Waals surface area contributed by atoms with Gasteiger partial charge in [-0.3, -0.25) is 4.79 Å². The van der Waals surface area contributed by atoms with E-state index in [0.717, 1.165) is 0 Å². The smallest absolute Gasteiger partial charge is 0.187 e. The van der Waals surface area contributed by atoms with E-state index < -0.39 is 6.10 Å². The minimum Gasteiger partial charge on any atom is -0.384 e. The molecule has 1 atom stereocenters. The second-order valence-corrected chi connectivity index (χ2v) is 3.03. The highest BCUT2D eigenvalue weighted by molar-refractivity contribution is 6.02. The van der Waals surface area contributed by atoms with Gasteiger partial charge in [-0.15, -0.1) is 0 Å². The second kappa shape index (κ2) is 3.57. The molecule has 0 saturated heterocycles. The van der Waals surface area contributed by atoms with Crippen molar-refractivity contribution in [1.29, 1.82) is 0 Å². The maximum absolute atomic E-state index is 12.8. The third-order valence-corrected chi connectivity index (χ3v) is 2.00. The number of nitrogens with zero attached hydrogens (tertiary/aromatic N) is 1. The van der Waals surface area contributed by atoms with Crippen LogP contribution in [0.15, 0.2) is 29.4 Å². The van der Waals surface area contributed by atoms with E-state index in [-0.39, 0.29) is 5.82 Å². The van der Waals surface area contributed by atoms with E-state index in [4.69, 9.17) is 4.84 Å². The molecule has 0 N–H and O–H groups in total. The summed E-state index contributed by atoms with van der Waals surface area (Å²) in [6.07, 6.45) is 0.580. The molecular weight excluding hydrogens is 185 g/mol. The Labute approximate surface area is 80.2 Å². The first-order valence-corrected chi connectivity index (χ1v) is 4.23. The van der Waals surface area contributed by atoms with E-state index in [1.54, 1.807) is 12.1 Å². The number of carbonyl (C=O) groups excluding carboxylic acids is 1. The zero-order valence-corrected chi connectivity index (χ0v) is 7.31. The van der Waals surface area contributed by atoms with Crippen LogP contribution in [0.5, 0.6) is 0 Å². The van der Waals surface area contributed by atoms with Crippen molar-refractivity contribution in [2.24, 2.45) is 5.16 Å². The van der Waals surface area contributed by atoms with Crippen LogP contribution in [-0.4, -0.2) is 18.1 Å². The highest BCUT2D eigenvalue weighted by Gasteiger charge is 2.21. The average molecular weight is 193 g/mol. The van der Waals surface area contributed by atoms with Crippen LogP contribution >= 0.6 is 0 Å². The quantitative estimate of drug-likeness (QED) is 0.668. The molecule has 0 aliphatic carbocycles. The lowest BCUT2D eigenvalue weighted by Gasteiger charge is -1.97. The first-order valence-electron chi connectivity index (χ1n) is 4.23. The SMILES string of the molecule is O=C[C@@H]1CC(c2cccc(F)c2)=NO1. The van der Waals surface area contributed by atoms with Crippen LogP contribution in [-0.2, 0) is 9.63 Å². The molecule has 1 aliphatic heterocycles. The van der Waals surface area contributed by atoms with E-state index in [1.165, 1.54) is 12.1 Å². The molecular formula is C10H8FNO2. The number of hydrogen-bond acceptors (Lipinski definition) is 3. The Bertz CT molecular complexity index is 389. The largest absolute Gasteiger partial charge is 0.384 e. The lowest BCUT2D eigenvalue weighted by Crippen LogP contribution is -2.09. The maximum Gasteiger partial charge on any atom is 0.187 e. The maximum atomic E-state index is 12.8. The molecule has 0 saturated carbocycles. The van der Waals surface area contributed by atoms with Gasteiger partial charge in [-0.05, 0) is 12.1 Å².